The average molecular weight is 266 g/mol. The van der Waals surface area contributed by atoms with Crippen LogP contribution in [-0.2, 0) is 16.1 Å². The first-order valence-corrected chi connectivity index (χ1v) is 5.57. The number of carbonyl (C=O) groups excluding carboxylic acids is 2. The van der Waals surface area contributed by atoms with E-state index in [1.807, 2.05) is 6.07 Å². The van der Waals surface area contributed by atoms with Crippen LogP contribution in [0.3, 0.4) is 0 Å². The van der Waals surface area contributed by atoms with Crippen molar-refractivity contribution in [2.45, 2.75) is 6.54 Å². The molecule has 0 unspecified atom stereocenters. The second-order valence-corrected chi connectivity index (χ2v) is 4.07. The molecule has 0 aliphatic carbocycles. The van der Waals surface area contributed by atoms with Crippen LogP contribution in [0, 0.1) is 11.3 Å². The van der Waals surface area contributed by atoms with Crippen LogP contribution < -0.4 is 5.32 Å². The van der Waals surface area contributed by atoms with E-state index in [4.69, 9.17) is 16.9 Å². The summed E-state index contributed by atoms with van der Waals surface area (Å²) < 4.78 is 0. The van der Waals surface area contributed by atoms with Crippen molar-refractivity contribution in [3.05, 3.63) is 34.9 Å². The van der Waals surface area contributed by atoms with E-state index < -0.39 is 11.8 Å². The van der Waals surface area contributed by atoms with E-state index >= 15 is 0 Å². The zero-order valence-corrected chi connectivity index (χ0v) is 10.6. The van der Waals surface area contributed by atoms with Gasteiger partial charge in [-0.2, -0.15) is 5.26 Å². The van der Waals surface area contributed by atoms with Crippen LogP contribution in [-0.4, -0.2) is 30.3 Å². The molecule has 0 spiro atoms. The highest BCUT2D eigenvalue weighted by Crippen LogP contribution is 2.12. The van der Waals surface area contributed by atoms with Crippen LogP contribution in [0.15, 0.2) is 24.3 Å². The molecular weight excluding hydrogens is 254 g/mol. The number of halogens is 1. The molecule has 1 N–H and O–H groups in total. The van der Waals surface area contributed by atoms with Gasteiger partial charge in [-0.3, -0.25) is 9.59 Å². The highest BCUT2D eigenvalue weighted by Gasteiger charge is 2.18. The lowest BCUT2D eigenvalue weighted by atomic mass is 10.2. The molecule has 1 aromatic carbocycles. The third-order valence-electron chi connectivity index (χ3n) is 2.18. The number of carbonyl (C=O) groups is 2. The number of hydrogen-bond donors (Lipinski definition) is 1. The van der Waals surface area contributed by atoms with Crippen LogP contribution in [0.4, 0.5) is 0 Å². The molecule has 0 heterocycles. The first kappa shape index (κ1) is 14.0. The molecule has 18 heavy (non-hydrogen) atoms. The fraction of sp³-hybridized carbons (Fsp3) is 0.250. The van der Waals surface area contributed by atoms with Gasteiger partial charge in [0.2, 0.25) is 0 Å². The Hall–Kier alpha value is -2.06. The Kier molecular flexibility index (Phi) is 5.15. The van der Waals surface area contributed by atoms with Gasteiger partial charge in [-0.15, -0.1) is 0 Å². The molecule has 0 radical (unpaired) electrons. The molecule has 1 aromatic rings. The van der Waals surface area contributed by atoms with E-state index in [-0.39, 0.29) is 13.1 Å². The second-order valence-electron chi connectivity index (χ2n) is 3.63. The summed E-state index contributed by atoms with van der Waals surface area (Å²) in [6.07, 6.45) is 0. The van der Waals surface area contributed by atoms with Gasteiger partial charge in [-0.1, -0.05) is 23.7 Å². The van der Waals surface area contributed by atoms with E-state index in [0.717, 1.165) is 5.56 Å². The van der Waals surface area contributed by atoms with Gasteiger partial charge in [0, 0.05) is 18.6 Å². The van der Waals surface area contributed by atoms with Crippen molar-refractivity contribution in [1.29, 1.82) is 5.26 Å². The monoisotopic (exact) mass is 265 g/mol. The maximum atomic E-state index is 11.6. The molecular formula is C12H12ClN3O2. The lowest BCUT2D eigenvalue weighted by Crippen LogP contribution is -2.40. The van der Waals surface area contributed by atoms with Gasteiger partial charge in [-0.05, 0) is 17.7 Å². The van der Waals surface area contributed by atoms with Crippen LogP contribution in [0.1, 0.15) is 5.56 Å². The predicted octanol–water partition coefficient (Wildman–Crippen LogP) is 0.938. The van der Waals surface area contributed by atoms with E-state index in [2.05, 4.69) is 5.32 Å². The summed E-state index contributed by atoms with van der Waals surface area (Å²) in [6.45, 7) is 0.0922. The summed E-state index contributed by atoms with van der Waals surface area (Å²) in [6, 6.07) is 8.76. The second kappa shape index (κ2) is 6.62. The lowest BCUT2D eigenvalue weighted by Gasteiger charge is -2.16. The van der Waals surface area contributed by atoms with Gasteiger partial charge in [0.15, 0.2) is 0 Å². The molecule has 0 aromatic heterocycles. The third kappa shape index (κ3) is 4.07. The van der Waals surface area contributed by atoms with Gasteiger partial charge >= 0.3 is 11.8 Å². The Bertz CT molecular complexity index is 496. The molecule has 0 atom stereocenters. The SMILES string of the molecule is CN(Cc1cccc(Cl)c1)C(=O)C(=O)NCC#N. The average Bonchev–Trinajstić information content (AvgIpc) is 2.35. The maximum absolute atomic E-state index is 11.6. The molecule has 0 aliphatic rings. The van der Waals surface area contributed by atoms with Gasteiger partial charge in [0.1, 0.15) is 6.54 Å². The van der Waals surface area contributed by atoms with Gasteiger partial charge in [-0.25, -0.2) is 0 Å². The van der Waals surface area contributed by atoms with Gasteiger partial charge in [0.05, 0.1) is 6.07 Å². The minimum absolute atomic E-state index is 0.185. The lowest BCUT2D eigenvalue weighted by molar-refractivity contribution is -0.145. The molecule has 0 fully saturated rings. The molecule has 0 saturated heterocycles. The summed E-state index contributed by atoms with van der Waals surface area (Å²) in [5.41, 5.74) is 0.825. The van der Waals surface area contributed by atoms with Gasteiger partial charge < -0.3 is 10.2 Å². The Balaban J connectivity index is 2.60. The molecule has 6 heteroatoms. The number of hydrogen-bond acceptors (Lipinski definition) is 3. The third-order valence-corrected chi connectivity index (χ3v) is 2.41. The minimum Gasteiger partial charge on any atom is -0.335 e. The predicted molar refractivity (Wildman–Crippen MR) is 66.5 cm³/mol. The number of nitriles is 1. The van der Waals surface area contributed by atoms with E-state index in [1.54, 1.807) is 24.3 Å². The van der Waals surface area contributed by atoms with E-state index in [9.17, 15) is 9.59 Å². The Morgan fingerprint density at radius 3 is 2.83 bits per heavy atom. The summed E-state index contributed by atoms with van der Waals surface area (Å²) >= 11 is 5.82. The maximum Gasteiger partial charge on any atom is 0.311 e. The van der Waals surface area contributed by atoms with Crippen molar-refractivity contribution >= 4 is 23.4 Å². The number of benzene rings is 1. The fourth-order valence-electron chi connectivity index (χ4n) is 1.35. The first-order chi connectivity index (χ1) is 8.54. The zero-order chi connectivity index (χ0) is 13.5. The van der Waals surface area contributed by atoms with E-state index in [1.165, 1.54) is 11.9 Å². The topological polar surface area (TPSA) is 73.2 Å². The quantitative estimate of drug-likeness (QED) is 0.653. The summed E-state index contributed by atoms with van der Waals surface area (Å²) in [5, 5.41) is 11.1. The molecule has 5 nitrogen and oxygen atoms in total. The van der Waals surface area contributed by atoms with Crippen molar-refractivity contribution < 1.29 is 9.59 Å². The molecule has 1 rings (SSSR count). The van der Waals surface area contributed by atoms with Crippen molar-refractivity contribution in [3.8, 4) is 6.07 Å². The fourth-order valence-corrected chi connectivity index (χ4v) is 1.56. The van der Waals surface area contributed by atoms with Crippen LogP contribution in [0.2, 0.25) is 5.02 Å². The van der Waals surface area contributed by atoms with Gasteiger partial charge in [0.25, 0.3) is 0 Å². The first-order valence-electron chi connectivity index (χ1n) is 5.19. The normalized spacial score (nSPS) is 9.39. The molecule has 0 bridgehead atoms. The summed E-state index contributed by atoms with van der Waals surface area (Å²) in [4.78, 5) is 24.2. The minimum atomic E-state index is -0.791. The molecule has 0 aliphatic heterocycles. The Morgan fingerprint density at radius 1 is 1.50 bits per heavy atom. The smallest absolute Gasteiger partial charge is 0.311 e. The number of rotatable bonds is 3. The highest BCUT2D eigenvalue weighted by molar-refractivity contribution is 6.35. The number of likely N-dealkylation sites (N-methyl/N-ethyl adjacent to an activating group) is 1. The highest BCUT2D eigenvalue weighted by atomic mass is 35.5. The number of amides is 2. The molecule has 2 amide bonds. The molecule has 94 valence electrons. The van der Waals surface area contributed by atoms with Crippen molar-refractivity contribution in [1.82, 2.24) is 10.2 Å². The van der Waals surface area contributed by atoms with Crippen LogP contribution in [0.25, 0.3) is 0 Å². The summed E-state index contributed by atoms with van der Waals surface area (Å²) in [7, 11) is 1.51. The Morgan fingerprint density at radius 2 is 2.22 bits per heavy atom. The van der Waals surface area contributed by atoms with E-state index in [0.29, 0.717) is 5.02 Å². The standard InChI is InChI=1S/C12H12ClN3O2/c1-16(12(18)11(17)15-6-5-14)8-9-3-2-4-10(13)7-9/h2-4,7H,6,8H2,1H3,(H,15,17). The molecule has 0 saturated carbocycles. The zero-order valence-electron chi connectivity index (χ0n) is 9.81. The van der Waals surface area contributed by atoms with Crippen LogP contribution in [0.5, 0.6) is 0 Å². The van der Waals surface area contributed by atoms with Crippen molar-refractivity contribution in [2.24, 2.45) is 0 Å². The number of nitrogens with one attached hydrogen (secondary N) is 1. The Labute approximate surface area is 110 Å². The van der Waals surface area contributed by atoms with Crippen molar-refractivity contribution in [3.63, 3.8) is 0 Å². The summed E-state index contributed by atoms with van der Waals surface area (Å²) in [5.74, 6) is -1.48. The van der Waals surface area contributed by atoms with Crippen LogP contribution >= 0.6 is 11.6 Å². The number of nitrogens with zero attached hydrogens (tertiary/aromatic N) is 2. The largest absolute Gasteiger partial charge is 0.335 e. The van der Waals surface area contributed by atoms with Crippen molar-refractivity contribution in [2.75, 3.05) is 13.6 Å².